The first kappa shape index (κ1) is 18.1. The maximum atomic E-state index is 12.6. The summed E-state index contributed by atoms with van der Waals surface area (Å²) in [5.74, 6) is -0.00262. The van der Waals surface area contributed by atoms with E-state index in [1.54, 1.807) is 0 Å². The topological polar surface area (TPSA) is 48.1 Å². The molecule has 0 fully saturated rings. The summed E-state index contributed by atoms with van der Waals surface area (Å²) in [5, 5.41) is 4.34. The number of rotatable bonds is 6. The standard InChI is InChI=1S/C22H27N3O/c1-15(13-18-14-23-21-8-6-5-7-20(18)21)22(26)24-16(2)17-9-11-19(12-10-17)25(3)4/h5-12,14-16,23H,13H2,1-4H3,(H,24,26). The molecule has 2 atom stereocenters. The van der Waals surface area contributed by atoms with Gasteiger partial charge in [-0.25, -0.2) is 0 Å². The van der Waals surface area contributed by atoms with Crippen LogP contribution in [-0.2, 0) is 11.2 Å². The molecule has 0 spiro atoms. The highest BCUT2D eigenvalue weighted by atomic mass is 16.1. The van der Waals surface area contributed by atoms with Crippen molar-refractivity contribution >= 4 is 22.5 Å². The average Bonchev–Trinajstić information content (AvgIpc) is 3.04. The van der Waals surface area contributed by atoms with Crippen LogP contribution in [0.5, 0.6) is 0 Å². The molecule has 3 rings (SSSR count). The molecule has 0 saturated carbocycles. The first-order valence-corrected chi connectivity index (χ1v) is 9.08. The van der Waals surface area contributed by atoms with Crippen molar-refractivity contribution in [3.63, 3.8) is 0 Å². The SMILES string of the molecule is CC(Cc1c[nH]c2ccccc12)C(=O)NC(C)c1ccc(N(C)C)cc1. The Bertz CT molecular complexity index is 880. The van der Waals surface area contributed by atoms with Crippen LogP contribution in [0.15, 0.2) is 54.7 Å². The number of H-pyrrole nitrogens is 1. The van der Waals surface area contributed by atoms with Crippen molar-refractivity contribution in [3.05, 3.63) is 65.9 Å². The van der Waals surface area contributed by atoms with Crippen molar-refractivity contribution in [1.29, 1.82) is 0 Å². The molecule has 2 aromatic carbocycles. The number of carbonyl (C=O) groups excluding carboxylic acids is 1. The second-order valence-electron chi connectivity index (χ2n) is 7.18. The number of aromatic amines is 1. The number of nitrogens with one attached hydrogen (secondary N) is 2. The van der Waals surface area contributed by atoms with Gasteiger partial charge in [0.15, 0.2) is 0 Å². The lowest BCUT2D eigenvalue weighted by atomic mass is 9.99. The summed E-state index contributed by atoms with van der Waals surface area (Å²) in [4.78, 5) is 18.0. The molecule has 4 heteroatoms. The highest BCUT2D eigenvalue weighted by Crippen LogP contribution is 2.22. The van der Waals surface area contributed by atoms with Crippen molar-refractivity contribution in [2.75, 3.05) is 19.0 Å². The molecule has 4 nitrogen and oxygen atoms in total. The minimum Gasteiger partial charge on any atom is -0.378 e. The third kappa shape index (κ3) is 3.90. The number of hydrogen-bond donors (Lipinski definition) is 2. The van der Waals surface area contributed by atoms with Gasteiger partial charge >= 0.3 is 0 Å². The molecule has 1 aromatic heterocycles. The predicted octanol–water partition coefficient (Wildman–Crippen LogP) is 4.29. The Hall–Kier alpha value is -2.75. The van der Waals surface area contributed by atoms with Gasteiger partial charge in [-0.3, -0.25) is 4.79 Å². The zero-order chi connectivity index (χ0) is 18.7. The van der Waals surface area contributed by atoms with Gasteiger partial charge in [0.1, 0.15) is 0 Å². The van der Waals surface area contributed by atoms with Gasteiger partial charge in [-0.1, -0.05) is 37.3 Å². The molecule has 0 bridgehead atoms. The van der Waals surface area contributed by atoms with Crippen LogP contribution in [0, 0.1) is 5.92 Å². The number of carbonyl (C=O) groups is 1. The Morgan fingerprint density at radius 2 is 1.77 bits per heavy atom. The van der Waals surface area contributed by atoms with E-state index in [1.807, 2.05) is 46.3 Å². The maximum Gasteiger partial charge on any atom is 0.223 e. The van der Waals surface area contributed by atoms with Crippen LogP contribution in [-0.4, -0.2) is 25.0 Å². The number of aromatic nitrogens is 1. The van der Waals surface area contributed by atoms with E-state index in [2.05, 4.69) is 51.6 Å². The summed E-state index contributed by atoms with van der Waals surface area (Å²) in [6.45, 7) is 4.01. The number of nitrogens with zero attached hydrogens (tertiary/aromatic N) is 1. The van der Waals surface area contributed by atoms with E-state index in [0.717, 1.165) is 23.2 Å². The second kappa shape index (κ2) is 7.65. The van der Waals surface area contributed by atoms with Crippen LogP contribution in [0.25, 0.3) is 10.9 Å². The van der Waals surface area contributed by atoms with Crippen LogP contribution in [0.3, 0.4) is 0 Å². The van der Waals surface area contributed by atoms with Crippen molar-refractivity contribution in [2.45, 2.75) is 26.3 Å². The van der Waals surface area contributed by atoms with Gasteiger partial charge in [0.05, 0.1) is 6.04 Å². The molecule has 0 aliphatic heterocycles. The first-order valence-electron chi connectivity index (χ1n) is 9.08. The average molecular weight is 349 g/mol. The fraction of sp³-hybridized carbons (Fsp3) is 0.318. The van der Waals surface area contributed by atoms with Gasteiger partial charge in [0.2, 0.25) is 5.91 Å². The monoisotopic (exact) mass is 349 g/mol. The van der Waals surface area contributed by atoms with Gasteiger partial charge in [0, 0.05) is 42.8 Å². The Labute approximate surface area is 155 Å². The van der Waals surface area contributed by atoms with Gasteiger partial charge in [-0.2, -0.15) is 0 Å². The summed E-state index contributed by atoms with van der Waals surface area (Å²) in [6.07, 6.45) is 2.74. The predicted molar refractivity (Wildman–Crippen MR) is 108 cm³/mol. The molecule has 1 amide bonds. The molecule has 2 N–H and O–H groups in total. The fourth-order valence-electron chi connectivity index (χ4n) is 3.22. The summed E-state index contributed by atoms with van der Waals surface area (Å²) >= 11 is 0. The van der Waals surface area contributed by atoms with Gasteiger partial charge < -0.3 is 15.2 Å². The largest absolute Gasteiger partial charge is 0.378 e. The van der Waals surface area contributed by atoms with Crippen molar-refractivity contribution in [2.24, 2.45) is 5.92 Å². The van der Waals surface area contributed by atoms with Gasteiger partial charge in [-0.15, -0.1) is 0 Å². The lowest BCUT2D eigenvalue weighted by Crippen LogP contribution is -2.32. The van der Waals surface area contributed by atoms with Crippen molar-refractivity contribution in [3.8, 4) is 0 Å². The van der Waals surface area contributed by atoms with Crippen LogP contribution >= 0.6 is 0 Å². The lowest BCUT2D eigenvalue weighted by molar-refractivity contribution is -0.125. The molecule has 3 aromatic rings. The number of benzene rings is 2. The number of para-hydroxylation sites is 1. The van der Waals surface area contributed by atoms with Crippen LogP contribution < -0.4 is 10.2 Å². The van der Waals surface area contributed by atoms with E-state index in [4.69, 9.17) is 0 Å². The zero-order valence-corrected chi connectivity index (χ0v) is 15.9. The third-order valence-electron chi connectivity index (χ3n) is 4.92. The number of amides is 1. The quantitative estimate of drug-likeness (QED) is 0.697. The van der Waals surface area contributed by atoms with Crippen LogP contribution in [0.4, 0.5) is 5.69 Å². The zero-order valence-electron chi connectivity index (χ0n) is 15.9. The molecular weight excluding hydrogens is 322 g/mol. The molecule has 0 saturated heterocycles. The van der Waals surface area contributed by atoms with Crippen LogP contribution in [0.2, 0.25) is 0 Å². The molecule has 0 aliphatic rings. The molecule has 2 unspecified atom stereocenters. The Kier molecular flexibility index (Phi) is 5.31. The first-order chi connectivity index (χ1) is 12.5. The normalized spacial score (nSPS) is 13.4. The summed E-state index contributed by atoms with van der Waals surface area (Å²) in [7, 11) is 4.04. The summed E-state index contributed by atoms with van der Waals surface area (Å²) in [5.41, 5.74) is 4.57. The van der Waals surface area contributed by atoms with Crippen molar-refractivity contribution in [1.82, 2.24) is 10.3 Å². The molecular formula is C22H27N3O. The minimum atomic E-state index is -0.0855. The maximum absolute atomic E-state index is 12.6. The summed E-state index contributed by atoms with van der Waals surface area (Å²) in [6, 6.07) is 16.5. The van der Waals surface area contributed by atoms with E-state index in [9.17, 15) is 4.79 Å². The fourth-order valence-corrected chi connectivity index (χ4v) is 3.22. The number of anilines is 1. The molecule has 0 aliphatic carbocycles. The Balaban J connectivity index is 1.63. The Morgan fingerprint density at radius 3 is 2.46 bits per heavy atom. The van der Waals surface area contributed by atoms with Gasteiger partial charge in [0.25, 0.3) is 0 Å². The number of fused-ring (bicyclic) bond motifs is 1. The Morgan fingerprint density at radius 1 is 1.08 bits per heavy atom. The number of hydrogen-bond acceptors (Lipinski definition) is 2. The highest BCUT2D eigenvalue weighted by molar-refractivity contribution is 5.84. The molecule has 26 heavy (non-hydrogen) atoms. The highest BCUT2D eigenvalue weighted by Gasteiger charge is 2.18. The molecule has 1 heterocycles. The van der Waals surface area contributed by atoms with E-state index >= 15 is 0 Å². The van der Waals surface area contributed by atoms with E-state index < -0.39 is 0 Å². The van der Waals surface area contributed by atoms with E-state index in [1.165, 1.54) is 10.9 Å². The smallest absolute Gasteiger partial charge is 0.223 e. The second-order valence-corrected chi connectivity index (χ2v) is 7.18. The molecule has 0 radical (unpaired) electrons. The lowest BCUT2D eigenvalue weighted by Gasteiger charge is -2.19. The van der Waals surface area contributed by atoms with E-state index in [0.29, 0.717) is 0 Å². The van der Waals surface area contributed by atoms with Gasteiger partial charge in [-0.05, 0) is 42.7 Å². The van der Waals surface area contributed by atoms with Crippen molar-refractivity contribution < 1.29 is 4.79 Å². The van der Waals surface area contributed by atoms with Crippen LogP contribution in [0.1, 0.15) is 31.0 Å². The third-order valence-corrected chi connectivity index (χ3v) is 4.92. The van der Waals surface area contributed by atoms with E-state index in [-0.39, 0.29) is 17.9 Å². The summed E-state index contributed by atoms with van der Waals surface area (Å²) < 4.78 is 0. The molecule has 136 valence electrons. The minimum absolute atomic E-state index is 0.0101.